The van der Waals surface area contributed by atoms with E-state index < -0.39 is 14.9 Å². The Hall–Kier alpha value is -1.71. The SMILES string of the molecule is Nc1cc([N+](=O)[O-])ccc1S(=O)(=O)NC1CCOCC1. The number of nitrogen functional groups attached to an aromatic ring is 1. The van der Waals surface area contributed by atoms with E-state index in [-0.39, 0.29) is 22.3 Å². The number of benzene rings is 1. The van der Waals surface area contributed by atoms with Crippen LogP contribution in [0.5, 0.6) is 0 Å². The fourth-order valence-corrected chi connectivity index (χ4v) is 3.41. The monoisotopic (exact) mass is 301 g/mol. The highest BCUT2D eigenvalue weighted by Crippen LogP contribution is 2.24. The van der Waals surface area contributed by atoms with Crippen LogP contribution in [0, 0.1) is 10.1 Å². The third-order valence-electron chi connectivity index (χ3n) is 3.04. The number of hydrogen-bond acceptors (Lipinski definition) is 6. The number of non-ortho nitro benzene ring substituents is 1. The Morgan fingerprint density at radius 1 is 1.35 bits per heavy atom. The van der Waals surface area contributed by atoms with E-state index in [1.165, 1.54) is 0 Å². The van der Waals surface area contributed by atoms with Crippen molar-refractivity contribution in [2.45, 2.75) is 23.8 Å². The molecule has 0 saturated carbocycles. The van der Waals surface area contributed by atoms with E-state index in [0.29, 0.717) is 26.1 Å². The number of nitro benzene ring substituents is 1. The number of hydrogen-bond donors (Lipinski definition) is 2. The highest BCUT2D eigenvalue weighted by Gasteiger charge is 2.24. The van der Waals surface area contributed by atoms with Crippen LogP contribution < -0.4 is 10.5 Å². The van der Waals surface area contributed by atoms with E-state index in [9.17, 15) is 18.5 Å². The molecule has 1 aromatic rings. The third kappa shape index (κ3) is 3.24. The van der Waals surface area contributed by atoms with Crippen molar-refractivity contribution in [3.63, 3.8) is 0 Å². The molecule has 8 nitrogen and oxygen atoms in total. The highest BCUT2D eigenvalue weighted by atomic mass is 32.2. The predicted octanol–water partition coefficient (Wildman–Crippen LogP) is 0.634. The van der Waals surface area contributed by atoms with Gasteiger partial charge in [0.05, 0.1) is 10.6 Å². The molecule has 1 heterocycles. The molecule has 0 amide bonds. The van der Waals surface area contributed by atoms with Crippen LogP contribution in [0.1, 0.15) is 12.8 Å². The van der Waals surface area contributed by atoms with Crippen molar-refractivity contribution in [1.29, 1.82) is 0 Å². The lowest BCUT2D eigenvalue weighted by Crippen LogP contribution is -2.39. The van der Waals surface area contributed by atoms with Crippen LogP contribution in [-0.4, -0.2) is 32.6 Å². The Bertz CT molecular complexity index is 610. The normalized spacial score (nSPS) is 17.0. The molecule has 0 radical (unpaired) electrons. The second-order valence-electron chi connectivity index (χ2n) is 4.49. The quantitative estimate of drug-likeness (QED) is 0.477. The van der Waals surface area contributed by atoms with Gasteiger partial charge in [0.15, 0.2) is 0 Å². The number of anilines is 1. The van der Waals surface area contributed by atoms with Gasteiger partial charge < -0.3 is 10.5 Å². The number of ether oxygens (including phenoxy) is 1. The summed E-state index contributed by atoms with van der Waals surface area (Å²) in [6, 6.07) is 3.10. The number of nitrogens with zero attached hydrogens (tertiary/aromatic N) is 1. The van der Waals surface area contributed by atoms with Crippen LogP contribution in [0.3, 0.4) is 0 Å². The Kier molecular flexibility index (Phi) is 4.21. The van der Waals surface area contributed by atoms with E-state index in [1.807, 2.05) is 0 Å². The average Bonchev–Trinajstić information content (AvgIpc) is 2.38. The minimum absolute atomic E-state index is 0.140. The van der Waals surface area contributed by atoms with Crippen molar-refractivity contribution < 1.29 is 18.1 Å². The van der Waals surface area contributed by atoms with Gasteiger partial charge in [0.25, 0.3) is 5.69 Å². The summed E-state index contributed by atoms with van der Waals surface area (Å²) < 4.78 is 32.1. The molecule has 1 aliphatic heterocycles. The number of sulfonamides is 1. The number of rotatable bonds is 4. The van der Waals surface area contributed by atoms with Gasteiger partial charge in [-0.25, -0.2) is 13.1 Å². The van der Waals surface area contributed by atoms with Crippen molar-refractivity contribution in [2.24, 2.45) is 0 Å². The first-order valence-corrected chi connectivity index (χ1v) is 7.52. The van der Waals surface area contributed by atoms with Gasteiger partial charge in [0.2, 0.25) is 10.0 Å². The number of nitrogens with two attached hydrogens (primary N) is 1. The molecule has 0 bridgehead atoms. The second kappa shape index (κ2) is 5.73. The number of nitrogens with one attached hydrogen (secondary N) is 1. The molecule has 0 aromatic heterocycles. The first kappa shape index (κ1) is 14.7. The van der Waals surface area contributed by atoms with Crippen molar-refractivity contribution in [1.82, 2.24) is 4.72 Å². The van der Waals surface area contributed by atoms with Crippen molar-refractivity contribution in [2.75, 3.05) is 18.9 Å². The van der Waals surface area contributed by atoms with Gasteiger partial charge >= 0.3 is 0 Å². The summed E-state index contributed by atoms with van der Waals surface area (Å²) in [6.07, 6.45) is 1.18. The van der Waals surface area contributed by atoms with Crippen molar-refractivity contribution in [3.8, 4) is 0 Å². The molecular weight excluding hydrogens is 286 g/mol. The Labute approximate surface area is 116 Å². The molecule has 20 heavy (non-hydrogen) atoms. The summed E-state index contributed by atoms with van der Waals surface area (Å²) in [5, 5.41) is 10.6. The standard InChI is InChI=1S/C11H15N3O5S/c12-10-7-9(14(15)16)1-2-11(10)20(17,18)13-8-3-5-19-6-4-8/h1-2,7-8,13H,3-6,12H2. The minimum atomic E-state index is -3.79. The van der Waals surface area contributed by atoms with Crippen LogP contribution in [0.15, 0.2) is 23.1 Å². The molecule has 1 aliphatic rings. The van der Waals surface area contributed by atoms with E-state index in [2.05, 4.69) is 4.72 Å². The molecule has 1 aromatic carbocycles. The Balaban J connectivity index is 2.22. The number of nitro groups is 1. The maximum atomic E-state index is 12.2. The van der Waals surface area contributed by atoms with Gasteiger partial charge in [-0.2, -0.15) is 0 Å². The zero-order chi connectivity index (χ0) is 14.8. The van der Waals surface area contributed by atoms with Gasteiger partial charge in [-0.1, -0.05) is 0 Å². The smallest absolute Gasteiger partial charge is 0.271 e. The van der Waals surface area contributed by atoms with E-state index in [4.69, 9.17) is 10.5 Å². The lowest BCUT2D eigenvalue weighted by atomic mass is 10.1. The molecule has 3 N–H and O–H groups in total. The van der Waals surface area contributed by atoms with Crippen LogP contribution in [0.4, 0.5) is 11.4 Å². The molecule has 0 atom stereocenters. The van der Waals surface area contributed by atoms with Crippen LogP contribution >= 0.6 is 0 Å². The van der Waals surface area contributed by atoms with Crippen molar-refractivity contribution in [3.05, 3.63) is 28.3 Å². The molecule has 0 spiro atoms. The fraction of sp³-hybridized carbons (Fsp3) is 0.455. The van der Waals surface area contributed by atoms with Gasteiger partial charge in [-0.3, -0.25) is 10.1 Å². The third-order valence-corrected chi connectivity index (χ3v) is 4.63. The van der Waals surface area contributed by atoms with Crippen molar-refractivity contribution >= 4 is 21.4 Å². The Morgan fingerprint density at radius 2 is 2.00 bits per heavy atom. The summed E-state index contributed by atoms with van der Waals surface area (Å²) in [4.78, 5) is 9.83. The largest absolute Gasteiger partial charge is 0.397 e. The summed E-state index contributed by atoms with van der Waals surface area (Å²) in [5.74, 6) is 0. The van der Waals surface area contributed by atoms with Gasteiger partial charge in [-0.15, -0.1) is 0 Å². The zero-order valence-electron chi connectivity index (χ0n) is 10.6. The molecule has 0 aliphatic carbocycles. The molecule has 110 valence electrons. The lowest BCUT2D eigenvalue weighted by molar-refractivity contribution is -0.384. The van der Waals surface area contributed by atoms with Crippen LogP contribution in [0.2, 0.25) is 0 Å². The van der Waals surface area contributed by atoms with E-state index in [1.54, 1.807) is 0 Å². The highest BCUT2D eigenvalue weighted by molar-refractivity contribution is 7.89. The molecule has 9 heteroatoms. The van der Waals surface area contributed by atoms with Gasteiger partial charge in [-0.05, 0) is 18.9 Å². The summed E-state index contributed by atoms with van der Waals surface area (Å²) in [7, 11) is -3.79. The first-order chi connectivity index (χ1) is 9.40. The van der Waals surface area contributed by atoms with E-state index >= 15 is 0 Å². The maximum absolute atomic E-state index is 12.2. The molecule has 1 fully saturated rings. The molecular formula is C11H15N3O5S. The summed E-state index contributed by atoms with van der Waals surface area (Å²) in [6.45, 7) is 1.01. The molecule has 1 saturated heterocycles. The van der Waals surface area contributed by atoms with Crippen LogP contribution in [-0.2, 0) is 14.8 Å². The molecule has 2 rings (SSSR count). The minimum Gasteiger partial charge on any atom is -0.397 e. The zero-order valence-corrected chi connectivity index (χ0v) is 11.4. The fourth-order valence-electron chi connectivity index (χ4n) is 1.99. The first-order valence-electron chi connectivity index (χ1n) is 6.04. The van der Waals surface area contributed by atoms with E-state index in [0.717, 1.165) is 18.2 Å². The van der Waals surface area contributed by atoms with Gasteiger partial charge in [0, 0.05) is 31.4 Å². The summed E-state index contributed by atoms with van der Waals surface area (Å²) in [5.41, 5.74) is 5.22. The van der Waals surface area contributed by atoms with Crippen LogP contribution in [0.25, 0.3) is 0 Å². The molecule has 0 unspecified atom stereocenters. The predicted molar refractivity (Wildman–Crippen MR) is 71.7 cm³/mol. The second-order valence-corrected chi connectivity index (χ2v) is 6.17. The Morgan fingerprint density at radius 3 is 2.55 bits per heavy atom. The van der Waals surface area contributed by atoms with Gasteiger partial charge in [0.1, 0.15) is 4.90 Å². The maximum Gasteiger partial charge on any atom is 0.271 e. The average molecular weight is 301 g/mol. The topological polar surface area (TPSA) is 125 Å². The summed E-state index contributed by atoms with van der Waals surface area (Å²) >= 11 is 0. The lowest BCUT2D eigenvalue weighted by Gasteiger charge is -2.23.